The maximum Gasteiger partial charge on any atom is 0.256 e. The van der Waals surface area contributed by atoms with Gasteiger partial charge in [-0.3, -0.25) is 14.5 Å². The van der Waals surface area contributed by atoms with Gasteiger partial charge < -0.3 is 4.90 Å². The lowest BCUT2D eigenvalue weighted by Crippen LogP contribution is -2.56. The van der Waals surface area contributed by atoms with Gasteiger partial charge in [0, 0.05) is 10.6 Å². The molecule has 0 unspecified atom stereocenters. The molecule has 0 bridgehead atoms. The monoisotopic (exact) mass is 404 g/mol. The molecule has 1 fully saturated rings. The second-order valence-corrected chi connectivity index (χ2v) is 8.62. The van der Waals surface area contributed by atoms with Gasteiger partial charge in [0.1, 0.15) is 6.54 Å². The zero-order valence-corrected chi connectivity index (χ0v) is 17.9. The summed E-state index contributed by atoms with van der Waals surface area (Å²) in [6.45, 7) is 8.02. The zero-order valence-electron chi connectivity index (χ0n) is 17.1. The van der Waals surface area contributed by atoms with Crippen LogP contribution in [0.4, 0.5) is 11.4 Å². The number of para-hydroxylation sites is 1. The highest BCUT2D eigenvalue weighted by molar-refractivity contribution is 7.10. The van der Waals surface area contributed by atoms with E-state index in [1.165, 1.54) is 11.3 Å². The molecule has 148 valence electrons. The van der Waals surface area contributed by atoms with Crippen molar-refractivity contribution in [2.24, 2.45) is 0 Å². The quantitative estimate of drug-likeness (QED) is 0.609. The number of nitrogens with zero attached hydrogens (tertiary/aromatic N) is 2. The summed E-state index contributed by atoms with van der Waals surface area (Å²) in [7, 11) is 0. The predicted octanol–water partition coefficient (Wildman–Crippen LogP) is 5.10. The van der Waals surface area contributed by atoms with Gasteiger partial charge >= 0.3 is 0 Å². The minimum Gasteiger partial charge on any atom is -0.300 e. The van der Waals surface area contributed by atoms with E-state index in [-0.39, 0.29) is 18.4 Å². The summed E-state index contributed by atoms with van der Waals surface area (Å²) < 4.78 is 0. The van der Waals surface area contributed by atoms with Gasteiger partial charge in [-0.05, 0) is 61.9 Å². The molecule has 2 heterocycles. The highest BCUT2D eigenvalue weighted by Gasteiger charge is 2.43. The fraction of sp³-hybridized carbons (Fsp3) is 0.250. The van der Waals surface area contributed by atoms with E-state index < -0.39 is 6.04 Å². The lowest BCUT2D eigenvalue weighted by molar-refractivity contribution is -0.128. The lowest BCUT2D eigenvalue weighted by Gasteiger charge is -2.41. The molecule has 0 aliphatic carbocycles. The van der Waals surface area contributed by atoms with Gasteiger partial charge in [-0.25, -0.2) is 0 Å². The molecule has 2 aromatic carbocycles. The minimum absolute atomic E-state index is 0.0414. The molecule has 0 saturated carbocycles. The Bertz CT molecular complexity index is 1070. The third-order valence-corrected chi connectivity index (χ3v) is 6.38. The molecule has 1 aromatic heterocycles. The van der Waals surface area contributed by atoms with E-state index in [9.17, 15) is 9.59 Å². The Morgan fingerprint density at radius 3 is 2.24 bits per heavy atom. The van der Waals surface area contributed by atoms with Crippen LogP contribution in [0.2, 0.25) is 0 Å². The Labute approximate surface area is 175 Å². The number of aryl methyl sites for hydroxylation is 4. The maximum atomic E-state index is 13.8. The number of amides is 2. The van der Waals surface area contributed by atoms with Gasteiger partial charge in [0.25, 0.3) is 5.91 Å². The van der Waals surface area contributed by atoms with E-state index in [2.05, 4.69) is 6.07 Å². The van der Waals surface area contributed by atoms with Gasteiger partial charge in [-0.15, -0.1) is 11.3 Å². The molecule has 1 aliphatic heterocycles. The number of rotatable bonds is 3. The smallest absolute Gasteiger partial charge is 0.256 e. The molecule has 3 aromatic rings. The van der Waals surface area contributed by atoms with Crippen LogP contribution in [-0.4, -0.2) is 18.4 Å². The van der Waals surface area contributed by atoms with E-state index in [4.69, 9.17) is 0 Å². The van der Waals surface area contributed by atoms with Crippen LogP contribution < -0.4 is 9.80 Å². The number of anilines is 2. The molecule has 2 amide bonds. The first kappa shape index (κ1) is 19.4. The second-order valence-electron chi connectivity index (χ2n) is 7.64. The van der Waals surface area contributed by atoms with Crippen LogP contribution in [-0.2, 0) is 9.59 Å². The molecule has 0 radical (unpaired) electrons. The van der Waals surface area contributed by atoms with Crippen molar-refractivity contribution < 1.29 is 9.59 Å². The average molecular weight is 405 g/mol. The van der Waals surface area contributed by atoms with Crippen molar-refractivity contribution in [1.82, 2.24) is 0 Å². The highest BCUT2D eigenvalue weighted by atomic mass is 32.1. The van der Waals surface area contributed by atoms with Crippen molar-refractivity contribution in [3.63, 3.8) is 0 Å². The summed E-state index contributed by atoms with van der Waals surface area (Å²) in [5, 5.41) is 1.95. The van der Waals surface area contributed by atoms with E-state index in [1.54, 1.807) is 9.80 Å². The molecule has 0 spiro atoms. The Balaban J connectivity index is 1.85. The molecule has 29 heavy (non-hydrogen) atoms. The number of benzene rings is 2. The fourth-order valence-corrected chi connectivity index (χ4v) is 4.96. The predicted molar refractivity (Wildman–Crippen MR) is 119 cm³/mol. The summed E-state index contributed by atoms with van der Waals surface area (Å²) >= 11 is 1.51. The van der Waals surface area contributed by atoms with Crippen molar-refractivity contribution in [3.8, 4) is 0 Å². The molecule has 4 nitrogen and oxygen atoms in total. The van der Waals surface area contributed by atoms with Crippen LogP contribution in [0, 0.1) is 27.7 Å². The number of hydrogen-bond acceptors (Lipinski definition) is 3. The third kappa shape index (κ3) is 3.36. The van der Waals surface area contributed by atoms with Gasteiger partial charge in [0.05, 0.1) is 5.69 Å². The fourth-order valence-electron chi connectivity index (χ4n) is 4.16. The minimum atomic E-state index is -0.656. The summed E-state index contributed by atoms with van der Waals surface area (Å²) in [6.07, 6.45) is 0. The summed E-state index contributed by atoms with van der Waals surface area (Å²) in [5.74, 6) is -0.137. The molecule has 1 saturated heterocycles. The summed E-state index contributed by atoms with van der Waals surface area (Å²) in [4.78, 5) is 31.4. The second kappa shape index (κ2) is 7.48. The zero-order chi connectivity index (χ0) is 20.7. The number of piperazine rings is 1. The van der Waals surface area contributed by atoms with Crippen LogP contribution in [0.15, 0.2) is 53.9 Å². The van der Waals surface area contributed by atoms with Crippen LogP contribution in [0.5, 0.6) is 0 Å². The molecule has 0 N–H and O–H groups in total. The Kier molecular flexibility index (Phi) is 5.01. The Hall–Kier alpha value is -2.92. The van der Waals surface area contributed by atoms with Crippen molar-refractivity contribution in [3.05, 3.63) is 81.0 Å². The molecular weight excluding hydrogens is 380 g/mol. The molecule has 4 rings (SSSR count). The molecule has 5 heteroatoms. The van der Waals surface area contributed by atoms with Gasteiger partial charge in [-0.2, -0.15) is 0 Å². The van der Waals surface area contributed by atoms with Crippen molar-refractivity contribution in [2.45, 2.75) is 33.7 Å². The van der Waals surface area contributed by atoms with Crippen LogP contribution in [0.3, 0.4) is 0 Å². The van der Waals surface area contributed by atoms with E-state index in [1.807, 2.05) is 75.5 Å². The van der Waals surface area contributed by atoms with Crippen molar-refractivity contribution >= 4 is 34.5 Å². The van der Waals surface area contributed by atoms with Gasteiger partial charge in [0.15, 0.2) is 6.04 Å². The average Bonchev–Trinajstić information content (AvgIpc) is 3.18. The van der Waals surface area contributed by atoms with Gasteiger partial charge in [0.2, 0.25) is 5.91 Å². The first-order chi connectivity index (χ1) is 13.9. The Morgan fingerprint density at radius 1 is 0.897 bits per heavy atom. The molecule has 1 aliphatic rings. The van der Waals surface area contributed by atoms with E-state index in [0.29, 0.717) is 0 Å². The van der Waals surface area contributed by atoms with E-state index in [0.717, 1.165) is 38.5 Å². The van der Waals surface area contributed by atoms with Crippen LogP contribution in [0.25, 0.3) is 0 Å². The molecular formula is C24H24N2O2S. The van der Waals surface area contributed by atoms with Crippen molar-refractivity contribution in [2.75, 3.05) is 16.3 Å². The standard InChI is InChI=1S/C24H24N2O2S/c1-15-10-11-19(18(4)13-15)26-21(27)14-25(22-16(2)7-5-8-17(22)3)24(28)23(26)20-9-6-12-29-20/h5-13,23H,14H2,1-4H3/t23-/m0/s1. The van der Waals surface area contributed by atoms with E-state index >= 15 is 0 Å². The summed E-state index contributed by atoms with van der Waals surface area (Å²) in [6, 6.07) is 15.1. The lowest BCUT2D eigenvalue weighted by atomic mass is 10.0. The maximum absolute atomic E-state index is 13.8. The largest absolute Gasteiger partial charge is 0.300 e. The first-order valence-corrected chi connectivity index (χ1v) is 10.6. The third-order valence-electron chi connectivity index (χ3n) is 5.45. The first-order valence-electron chi connectivity index (χ1n) is 9.69. The highest BCUT2D eigenvalue weighted by Crippen LogP contribution is 2.39. The molecule has 1 atom stereocenters. The van der Waals surface area contributed by atoms with Crippen LogP contribution in [0.1, 0.15) is 33.2 Å². The number of carbonyl (C=O) groups excluding carboxylic acids is 2. The summed E-state index contributed by atoms with van der Waals surface area (Å²) in [5.41, 5.74) is 5.76. The number of thiophene rings is 1. The SMILES string of the molecule is Cc1ccc(N2C(=O)CN(c3c(C)cccc3C)C(=O)[C@@H]2c2cccs2)c(C)c1. The van der Waals surface area contributed by atoms with Gasteiger partial charge in [-0.1, -0.05) is 42.0 Å². The number of hydrogen-bond donors (Lipinski definition) is 0. The number of carbonyl (C=O) groups is 2. The Morgan fingerprint density at radius 2 is 1.62 bits per heavy atom. The normalized spacial score (nSPS) is 17.2. The van der Waals surface area contributed by atoms with Crippen LogP contribution >= 0.6 is 11.3 Å². The van der Waals surface area contributed by atoms with Crippen molar-refractivity contribution in [1.29, 1.82) is 0 Å². The topological polar surface area (TPSA) is 40.6 Å².